The van der Waals surface area contributed by atoms with Crippen LogP contribution in [0.3, 0.4) is 0 Å². The molecule has 1 aliphatic carbocycles. The smallest absolute Gasteiger partial charge is 0.322 e. The Labute approximate surface area is 198 Å². The van der Waals surface area contributed by atoms with Crippen molar-refractivity contribution in [3.8, 4) is 0 Å². The molecule has 4 fully saturated rings. The molecule has 8 heteroatoms. The van der Waals surface area contributed by atoms with Crippen LogP contribution in [-0.4, -0.2) is 61.1 Å². The Balaban J connectivity index is 1.35. The molecule has 0 spiro atoms. The van der Waals surface area contributed by atoms with E-state index in [0.717, 1.165) is 51.6 Å². The molecule has 3 saturated heterocycles. The van der Waals surface area contributed by atoms with Crippen molar-refractivity contribution < 1.29 is 14.4 Å². The zero-order chi connectivity index (χ0) is 23.7. The van der Waals surface area contributed by atoms with Crippen molar-refractivity contribution >= 4 is 17.8 Å². The number of likely N-dealkylation sites (tertiary alicyclic amines) is 1. The Hall–Kier alpha value is -1.67. The van der Waals surface area contributed by atoms with Crippen LogP contribution in [-0.2, 0) is 9.59 Å². The summed E-state index contributed by atoms with van der Waals surface area (Å²) < 4.78 is 0. The van der Waals surface area contributed by atoms with E-state index in [1.807, 2.05) is 11.9 Å². The predicted octanol–water partition coefficient (Wildman–Crippen LogP) is 2.06. The fraction of sp³-hybridized carbons (Fsp3) is 0.880. The lowest BCUT2D eigenvalue weighted by molar-refractivity contribution is -0.149. The van der Waals surface area contributed by atoms with Crippen molar-refractivity contribution in [1.82, 2.24) is 26.2 Å². The maximum atomic E-state index is 13.4. The number of carbonyl (C=O) groups is 3. The van der Waals surface area contributed by atoms with Gasteiger partial charge in [-0.05, 0) is 82.1 Å². The molecule has 3 heterocycles. The Kier molecular flexibility index (Phi) is 7.63. The predicted molar refractivity (Wildman–Crippen MR) is 127 cm³/mol. The number of urea groups is 1. The number of nitrogens with zero attached hydrogens (tertiary/aromatic N) is 1. The molecule has 9 unspecified atom stereocenters. The standard InChI is InChI=1S/C25H43N5O3/c1-14-7-8-26-22(9-14)28-25(33)29-23(31)17-6-5-15(2)19(11-17)20-12-18-13-27-16(3)10-21(18)30(4)24(20)32/h14-22,26-27H,5-13H2,1-4H3,(H2,28,29,31,33). The second kappa shape index (κ2) is 10.3. The van der Waals surface area contributed by atoms with Crippen molar-refractivity contribution in [3.05, 3.63) is 0 Å². The molecule has 0 aromatic heterocycles. The van der Waals surface area contributed by atoms with E-state index in [9.17, 15) is 14.4 Å². The first-order chi connectivity index (χ1) is 15.7. The lowest BCUT2D eigenvalue weighted by Gasteiger charge is -2.50. The minimum Gasteiger partial charge on any atom is -0.342 e. The fourth-order valence-corrected chi connectivity index (χ4v) is 6.83. The highest BCUT2D eigenvalue weighted by atomic mass is 16.2. The van der Waals surface area contributed by atoms with Gasteiger partial charge in [0.05, 0.1) is 6.17 Å². The van der Waals surface area contributed by atoms with Crippen LogP contribution >= 0.6 is 0 Å². The van der Waals surface area contributed by atoms with Crippen LogP contribution in [0.25, 0.3) is 0 Å². The first-order valence-electron chi connectivity index (χ1n) is 13.1. The van der Waals surface area contributed by atoms with E-state index in [0.29, 0.717) is 36.3 Å². The van der Waals surface area contributed by atoms with Gasteiger partial charge in [0.1, 0.15) is 0 Å². The minimum absolute atomic E-state index is 0.0289. The number of rotatable bonds is 3. The molecule has 4 amide bonds. The molecule has 186 valence electrons. The van der Waals surface area contributed by atoms with Gasteiger partial charge in [0.25, 0.3) is 0 Å². The molecule has 0 aromatic rings. The monoisotopic (exact) mass is 461 g/mol. The topological polar surface area (TPSA) is 103 Å². The summed E-state index contributed by atoms with van der Waals surface area (Å²) in [6, 6.07) is 0.348. The lowest BCUT2D eigenvalue weighted by atomic mass is 9.64. The highest BCUT2D eigenvalue weighted by Crippen LogP contribution is 2.44. The second-order valence-electron chi connectivity index (χ2n) is 11.4. The second-order valence-corrected chi connectivity index (χ2v) is 11.4. The molecule has 1 saturated carbocycles. The molecule has 0 radical (unpaired) electrons. The number of carbonyl (C=O) groups excluding carboxylic acids is 3. The summed E-state index contributed by atoms with van der Waals surface area (Å²) in [4.78, 5) is 40.8. The summed E-state index contributed by atoms with van der Waals surface area (Å²) >= 11 is 0. The fourth-order valence-electron chi connectivity index (χ4n) is 6.83. The van der Waals surface area contributed by atoms with Crippen LogP contribution in [0.5, 0.6) is 0 Å². The molecule has 33 heavy (non-hydrogen) atoms. The van der Waals surface area contributed by atoms with E-state index < -0.39 is 6.03 Å². The van der Waals surface area contributed by atoms with Gasteiger partial charge in [-0.2, -0.15) is 0 Å². The van der Waals surface area contributed by atoms with Gasteiger partial charge in [0.15, 0.2) is 0 Å². The molecule has 4 rings (SSSR count). The van der Waals surface area contributed by atoms with Crippen LogP contribution < -0.4 is 21.3 Å². The van der Waals surface area contributed by atoms with Gasteiger partial charge in [-0.25, -0.2) is 4.79 Å². The Morgan fingerprint density at radius 2 is 1.79 bits per heavy atom. The minimum atomic E-state index is -0.416. The quantitative estimate of drug-likeness (QED) is 0.515. The lowest BCUT2D eigenvalue weighted by Crippen LogP contribution is -2.60. The molecular weight excluding hydrogens is 418 g/mol. The van der Waals surface area contributed by atoms with Crippen LogP contribution in [0.4, 0.5) is 4.79 Å². The molecule has 0 aromatic carbocycles. The summed E-state index contributed by atoms with van der Waals surface area (Å²) in [6.45, 7) is 8.43. The van der Waals surface area contributed by atoms with E-state index >= 15 is 0 Å². The molecule has 4 aliphatic rings. The number of hydrogen-bond donors (Lipinski definition) is 4. The SMILES string of the molecule is CC1CCNC(NC(=O)NC(=O)C2CCC(C)C(C3CC4CNC(C)CC4N(C)C3=O)C2)C1. The van der Waals surface area contributed by atoms with Gasteiger partial charge in [-0.1, -0.05) is 13.8 Å². The largest absolute Gasteiger partial charge is 0.342 e. The van der Waals surface area contributed by atoms with Gasteiger partial charge < -0.3 is 15.5 Å². The van der Waals surface area contributed by atoms with Gasteiger partial charge in [-0.15, -0.1) is 0 Å². The molecule has 3 aliphatic heterocycles. The average Bonchev–Trinajstić information content (AvgIpc) is 2.77. The highest BCUT2D eigenvalue weighted by molar-refractivity contribution is 5.95. The number of nitrogens with one attached hydrogen (secondary N) is 4. The Morgan fingerprint density at radius 3 is 2.55 bits per heavy atom. The summed E-state index contributed by atoms with van der Waals surface area (Å²) in [6.07, 6.45) is 6.18. The molecule has 9 atom stereocenters. The molecule has 4 N–H and O–H groups in total. The zero-order valence-electron chi connectivity index (χ0n) is 20.7. The average molecular weight is 462 g/mol. The first kappa shape index (κ1) is 24.5. The molecule has 0 bridgehead atoms. The third-order valence-corrected chi connectivity index (χ3v) is 8.94. The van der Waals surface area contributed by atoms with E-state index in [-0.39, 0.29) is 35.7 Å². The normalized spacial score (nSPS) is 41.8. The maximum absolute atomic E-state index is 13.4. The van der Waals surface area contributed by atoms with Gasteiger partial charge in [-0.3, -0.25) is 20.2 Å². The number of fused-ring (bicyclic) bond motifs is 1. The summed E-state index contributed by atoms with van der Waals surface area (Å²) in [5.41, 5.74) is 0. The third kappa shape index (κ3) is 5.53. The molecule has 8 nitrogen and oxygen atoms in total. The Bertz CT molecular complexity index is 746. The number of hydrogen-bond acceptors (Lipinski definition) is 5. The van der Waals surface area contributed by atoms with Crippen LogP contribution in [0.15, 0.2) is 0 Å². The van der Waals surface area contributed by atoms with E-state index in [4.69, 9.17) is 0 Å². The van der Waals surface area contributed by atoms with Gasteiger partial charge >= 0.3 is 6.03 Å². The van der Waals surface area contributed by atoms with Crippen molar-refractivity contribution in [3.63, 3.8) is 0 Å². The van der Waals surface area contributed by atoms with Gasteiger partial charge in [0, 0.05) is 37.5 Å². The van der Waals surface area contributed by atoms with E-state index in [2.05, 4.69) is 42.0 Å². The van der Waals surface area contributed by atoms with Gasteiger partial charge in [0.2, 0.25) is 11.8 Å². The number of amides is 4. The summed E-state index contributed by atoms with van der Waals surface area (Å²) in [5, 5.41) is 12.4. The number of imide groups is 1. The van der Waals surface area contributed by atoms with E-state index in [1.165, 1.54) is 0 Å². The van der Waals surface area contributed by atoms with Crippen LogP contribution in [0.1, 0.15) is 65.7 Å². The highest BCUT2D eigenvalue weighted by Gasteiger charge is 2.47. The maximum Gasteiger partial charge on any atom is 0.322 e. The van der Waals surface area contributed by atoms with Crippen LogP contribution in [0, 0.1) is 35.5 Å². The number of piperidine rings is 3. The first-order valence-corrected chi connectivity index (χ1v) is 13.1. The van der Waals surface area contributed by atoms with Crippen molar-refractivity contribution in [2.45, 2.75) is 84.0 Å². The summed E-state index contributed by atoms with van der Waals surface area (Å²) in [7, 11) is 1.96. The van der Waals surface area contributed by atoms with Crippen LogP contribution in [0.2, 0.25) is 0 Å². The zero-order valence-corrected chi connectivity index (χ0v) is 20.7. The molecular formula is C25H43N5O3. The van der Waals surface area contributed by atoms with E-state index in [1.54, 1.807) is 0 Å². The van der Waals surface area contributed by atoms with Crippen molar-refractivity contribution in [2.24, 2.45) is 35.5 Å². The summed E-state index contributed by atoms with van der Waals surface area (Å²) in [5.74, 6) is 1.44. The van der Waals surface area contributed by atoms with Crippen molar-refractivity contribution in [1.29, 1.82) is 0 Å². The third-order valence-electron chi connectivity index (χ3n) is 8.94. The Morgan fingerprint density at radius 1 is 1.00 bits per heavy atom. The van der Waals surface area contributed by atoms with Crippen molar-refractivity contribution in [2.75, 3.05) is 20.1 Å².